The molecule has 7 nitrogen and oxygen atoms in total. The van der Waals surface area contributed by atoms with Crippen molar-refractivity contribution >= 4 is 28.3 Å². The van der Waals surface area contributed by atoms with Gasteiger partial charge in [-0.1, -0.05) is 6.07 Å². The molecule has 3 rings (SSSR count). The highest BCUT2D eigenvalue weighted by molar-refractivity contribution is 7.89. The van der Waals surface area contributed by atoms with E-state index in [0.29, 0.717) is 50.5 Å². The molecule has 1 N–H and O–H groups in total. The smallest absolute Gasteiger partial charge is 0.253 e. The molecule has 0 saturated carbocycles. The maximum absolute atomic E-state index is 12.9. The zero-order valence-electron chi connectivity index (χ0n) is 14.2. The van der Waals surface area contributed by atoms with Crippen molar-refractivity contribution in [2.75, 3.05) is 52.5 Å². The number of nitrogens with one attached hydrogen (secondary N) is 1. The molecule has 0 spiro atoms. The van der Waals surface area contributed by atoms with Gasteiger partial charge in [-0.2, -0.15) is 4.31 Å². The fraction of sp³-hybridized carbons (Fsp3) is 0.562. The summed E-state index contributed by atoms with van der Waals surface area (Å²) in [5.41, 5.74) is 1.08. The third-order valence-corrected chi connectivity index (χ3v) is 6.47. The normalized spacial score (nSPS) is 19.3. The number of rotatable bonds is 3. The van der Waals surface area contributed by atoms with E-state index in [1.165, 1.54) is 10.4 Å². The average Bonchev–Trinajstić information content (AvgIpc) is 2.63. The molecule has 2 heterocycles. The van der Waals surface area contributed by atoms with Crippen molar-refractivity contribution in [1.29, 1.82) is 0 Å². The lowest BCUT2D eigenvalue weighted by Crippen LogP contribution is -2.46. The van der Waals surface area contributed by atoms with Gasteiger partial charge in [0.1, 0.15) is 0 Å². The molecule has 2 saturated heterocycles. The van der Waals surface area contributed by atoms with Crippen LogP contribution in [-0.2, 0) is 14.8 Å². The van der Waals surface area contributed by atoms with Crippen LogP contribution in [0.3, 0.4) is 0 Å². The number of benzene rings is 1. The SMILES string of the molecule is Cc1ccc(C(=O)N2CCNCC2)cc1S(=O)(=O)N1CCOCC1.Cl. The third kappa shape index (κ3) is 4.32. The van der Waals surface area contributed by atoms with Gasteiger partial charge in [-0.25, -0.2) is 8.42 Å². The van der Waals surface area contributed by atoms with Crippen LogP contribution in [0.5, 0.6) is 0 Å². The second-order valence-electron chi connectivity index (χ2n) is 6.04. The van der Waals surface area contributed by atoms with Gasteiger partial charge in [0.25, 0.3) is 5.91 Å². The molecule has 9 heteroatoms. The van der Waals surface area contributed by atoms with Crippen molar-refractivity contribution in [3.05, 3.63) is 29.3 Å². The standard InChI is InChI=1S/C16H23N3O4S.ClH/c1-13-2-3-14(16(20)18-6-4-17-5-7-18)12-15(13)24(21,22)19-8-10-23-11-9-19;/h2-3,12,17H,4-11H2,1H3;1H. The molecule has 0 aromatic heterocycles. The molecule has 0 atom stereocenters. The highest BCUT2D eigenvalue weighted by Crippen LogP contribution is 2.23. The molecule has 1 aromatic rings. The van der Waals surface area contributed by atoms with Crippen molar-refractivity contribution in [2.24, 2.45) is 0 Å². The first-order valence-electron chi connectivity index (χ1n) is 8.19. The number of sulfonamides is 1. The van der Waals surface area contributed by atoms with E-state index in [2.05, 4.69) is 5.32 Å². The second kappa shape index (κ2) is 8.46. The first-order chi connectivity index (χ1) is 11.5. The van der Waals surface area contributed by atoms with Crippen molar-refractivity contribution in [3.8, 4) is 0 Å². The summed E-state index contributed by atoms with van der Waals surface area (Å²) < 4.78 is 32.4. The van der Waals surface area contributed by atoms with E-state index < -0.39 is 10.0 Å². The summed E-state index contributed by atoms with van der Waals surface area (Å²) in [4.78, 5) is 14.6. The van der Waals surface area contributed by atoms with Crippen LogP contribution < -0.4 is 5.32 Å². The maximum atomic E-state index is 12.9. The number of ether oxygens (including phenoxy) is 1. The Balaban J connectivity index is 0.00000225. The molecule has 0 unspecified atom stereocenters. The summed E-state index contributed by atoms with van der Waals surface area (Å²) in [6, 6.07) is 4.94. The Morgan fingerprint density at radius 3 is 2.40 bits per heavy atom. The van der Waals surface area contributed by atoms with E-state index in [-0.39, 0.29) is 23.2 Å². The Morgan fingerprint density at radius 2 is 1.76 bits per heavy atom. The van der Waals surface area contributed by atoms with Crippen LogP contribution in [0.2, 0.25) is 0 Å². The Morgan fingerprint density at radius 1 is 1.12 bits per heavy atom. The number of piperazine rings is 1. The topological polar surface area (TPSA) is 79.0 Å². The van der Waals surface area contributed by atoms with Crippen LogP contribution in [0, 0.1) is 6.92 Å². The predicted octanol–water partition coefficient (Wildman–Crippen LogP) is 0.483. The monoisotopic (exact) mass is 389 g/mol. The first-order valence-corrected chi connectivity index (χ1v) is 9.63. The molecule has 1 aromatic carbocycles. The highest BCUT2D eigenvalue weighted by atomic mass is 35.5. The van der Waals surface area contributed by atoms with Gasteiger partial charge < -0.3 is 15.0 Å². The molecule has 2 fully saturated rings. The molecule has 2 aliphatic rings. The van der Waals surface area contributed by atoms with Crippen LogP contribution in [0.4, 0.5) is 0 Å². The Labute approximate surface area is 154 Å². The van der Waals surface area contributed by atoms with Crippen LogP contribution in [0.15, 0.2) is 23.1 Å². The van der Waals surface area contributed by atoms with E-state index in [9.17, 15) is 13.2 Å². The lowest BCUT2D eigenvalue weighted by Gasteiger charge is -2.28. The van der Waals surface area contributed by atoms with E-state index in [0.717, 1.165) is 13.1 Å². The lowest BCUT2D eigenvalue weighted by atomic mass is 10.1. The number of morpholine rings is 1. The minimum absolute atomic E-state index is 0. The summed E-state index contributed by atoms with van der Waals surface area (Å²) >= 11 is 0. The van der Waals surface area contributed by atoms with Gasteiger partial charge in [0, 0.05) is 44.8 Å². The van der Waals surface area contributed by atoms with Gasteiger partial charge in [-0.15, -0.1) is 12.4 Å². The maximum Gasteiger partial charge on any atom is 0.253 e. The largest absolute Gasteiger partial charge is 0.379 e. The van der Waals surface area contributed by atoms with Crippen molar-refractivity contribution in [1.82, 2.24) is 14.5 Å². The summed E-state index contributed by atoms with van der Waals surface area (Å²) in [5, 5.41) is 3.20. The minimum atomic E-state index is -3.61. The zero-order chi connectivity index (χ0) is 17.2. The summed E-state index contributed by atoms with van der Waals surface area (Å²) in [5.74, 6) is -0.116. The second-order valence-corrected chi connectivity index (χ2v) is 7.95. The average molecular weight is 390 g/mol. The van der Waals surface area contributed by atoms with Gasteiger partial charge in [0.2, 0.25) is 10.0 Å². The number of nitrogens with zero attached hydrogens (tertiary/aromatic N) is 2. The Bertz CT molecular complexity index is 714. The van der Waals surface area contributed by atoms with Gasteiger partial charge in [0.05, 0.1) is 18.1 Å². The number of hydrogen-bond donors (Lipinski definition) is 1. The van der Waals surface area contributed by atoms with E-state index in [1.807, 2.05) is 0 Å². The minimum Gasteiger partial charge on any atom is -0.379 e. The van der Waals surface area contributed by atoms with Crippen molar-refractivity contribution < 1.29 is 17.9 Å². The van der Waals surface area contributed by atoms with E-state index in [1.54, 1.807) is 24.0 Å². The van der Waals surface area contributed by atoms with E-state index >= 15 is 0 Å². The number of carbonyl (C=O) groups excluding carboxylic acids is 1. The van der Waals surface area contributed by atoms with Crippen LogP contribution in [0.25, 0.3) is 0 Å². The third-order valence-electron chi connectivity index (χ3n) is 4.43. The lowest BCUT2D eigenvalue weighted by molar-refractivity contribution is 0.0727. The quantitative estimate of drug-likeness (QED) is 0.813. The van der Waals surface area contributed by atoms with Crippen molar-refractivity contribution in [2.45, 2.75) is 11.8 Å². The number of aryl methyl sites for hydroxylation is 1. The molecule has 0 aliphatic carbocycles. The van der Waals surface area contributed by atoms with Crippen LogP contribution >= 0.6 is 12.4 Å². The zero-order valence-corrected chi connectivity index (χ0v) is 15.9. The fourth-order valence-corrected chi connectivity index (χ4v) is 4.65. The molecule has 25 heavy (non-hydrogen) atoms. The van der Waals surface area contributed by atoms with Gasteiger partial charge >= 0.3 is 0 Å². The summed E-state index contributed by atoms with van der Waals surface area (Å²) in [7, 11) is -3.61. The molecule has 2 aliphatic heterocycles. The number of halogens is 1. The summed E-state index contributed by atoms with van der Waals surface area (Å²) in [6.45, 7) is 6.04. The van der Waals surface area contributed by atoms with Crippen LogP contribution in [-0.4, -0.2) is 76.0 Å². The molecule has 0 bridgehead atoms. The van der Waals surface area contributed by atoms with Gasteiger partial charge in [-0.05, 0) is 24.6 Å². The molecule has 140 valence electrons. The van der Waals surface area contributed by atoms with Crippen molar-refractivity contribution in [3.63, 3.8) is 0 Å². The van der Waals surface area contributed by atoms with Gasteiger partial charge in [-0.3, -0.25) is 4.79 Å². The Kier molecular flexibility index (Phi) is 6.81. The van der Waals surface area contributed by atoms with Gasteiger partial charge in [0.15, 0.2) is 0 Å². The first kappa shape index (κ1) is 20.1. The van der Waals surface area contributed by atoms with E-state index in [4.69, 9.17) is 4.74 Å². The summed E-state index contributed by atoms with van der Waals surface area (Å²) in [6.07, 6.45) is 0. The Hall–Kier alpha value is -1.19. The molecular weight excluding hydrogens is 366 g/mol. The number of amides is 1. The molecule has 1 amide bonds. The molecular formula is C16H24ClN3O4S. The number of hydrogen-bond acceptors (Lipinski definition) is 5. The predicted molar refractivity (Wildman–Crippen MR) is 96.8 cm³/mol. The molecule has 0 radical (unpaired) electrons. The highest BCUT2D eigenvalue weighted by Gasteiger charge is 2.29. The van der Waals surface area contributed by atoms with Crippen LogP contribution in [0.1, 0.15) is 15.9 Å². The number of carbonyl (C=O) groups is 1. The fourth-order valence-electron chi connectivity index (χ4n) is 2.99.